The van der Waals surface area contributed by atoms with E-state index in [0.29, 0.717) is 44.3 Å². The van der Waals surface area contributed by atoms with Crippen LogP contribution in [-0.4, -0.2) is 67.6 Å². The number of ether oxygens (including phenoxy) is 2. The zero-order valence-corrected chi connectivity index (χ0v) is 19.1. The summed E-state index contributed by atoms with van der Waals surface area (Å²) in [6.07, 6.45) is 4.02. The van der Waals surface area contributed by atoms with E-state index in [4.69, 9.17) is 9.47 Å². The van der Waals surface area contributed by atoms with Gasteiger partial charge >= 0.3 is 0 Å². The van der Waals surface area contributed by atoms with Gasteiger partial charge in [0, 0.05) is 31.1 Å². The predicted molar refractivity (Wildman–Crippen MR) is 120 cm³/mol. The first-order valence-electron chi connectivity index (χ1n) is 9.97. The number of nitrogens with zero attached hydrogens (tertiary/aromatic N) is 4. The van der Waals surface area contributed by atoms with Gasteiger partial charge in [0.05, 0.1) is 31.4 Å². The van der Waals surface area contributed by atoms with Gasteiger partial charge in [-0.15, -0.1) is 11.3 Å². The minimum Gasteiger partial charge on any atom is -0.479 e. The molecule has 1 aliphatic rings. The maximum absolute atomic E-state index is 12.7. The van der Waals surface area contributed by atoms with Crippen LogP contribution in [0.3, 0.4) is 0 Å². The molecule has 1 saturated heterocycles. The summed E-state index contributed by atoms with van der Waals surface area (Å²) in [4.78, 5) is 17.5. The van der Waals surface area contributed by atoms with Crippen molar-refractivity contribution in [1.82, 2.24) is 19.1 Å². The molecule has 32 heavy (non-hydrogen) atoms. The summed E-state index contributed by atoms with van der Waals surface area (Å²) < 4.78 is 39.0. The molecule has 3 heterocycles. The number of sulfonamides is 1. The highest BCUT2D eigenvalue weighted by atomic mass is 32.2. The summed E-state index contributed by atoms with van der Waals surface area (Å²) >= 11 is 1.47. The molecule has 0 bridgehead atoms. The van der Waals surface area contributed by atoms with Gasteiger partial charge in [-0.1, -0.05) is 12.1 Å². The van der Waals surface area contributed by atoms with E-state index in [1.807, 2.05) is 16.0 Å². The van der Waals surface area contributed by atoms with Crippen molar-refractivity contribution in [3.8, 4) is 5.88 Å². The number of carbonyl (C=O) groups is 1. The van der Waals surface area contributed by atoms with Crippen molar-refractivity contribution in [2.45, 2.75) is 17.7 Å². The molecule has 1 aliphatic heterocycles. The van der Waals surface area contributed by atoms with Gasteiger partial charge in [-0.2, -0.15) is 14.4 Å². The van der Waals surface area contributed by atoms with Gasteiger partial charge in [-0.3, -0.25) is 9.20 Å². The highest BCUT2D eigenvalue weighted by Crippen LogP contribution is 2.21. The number of hydrogen-bond donors (Lipinski definition) is 1. The molecule has 0 saturated carbocycles. The molecular formula is C20H23N5O5S2. The van der Waals surface area contributed by atoms with E-state index in [1.54, 1.807) is 24.3 Å². The van der Waals surface area contributed by atoms with Crippen molar-refractivity contribution in [1.29, 1.82) is 0 Å². The third-order valence-electron chi connectivity index (χ3n) is 5.01. The van der Waals surface area contributed by atoms with Crippen LogP contribution in [-0.2, 0) is 26.0 Å². The summed E-state index contributed by atoms with van der Waals surface area (Å²) in [5.41, 5.74) is 4.00. The number of hydrogen-bond acceptors (Lipinski definition) is 8. The number of rotatable bonds is 8. The number of aryl methyl sites for hydroxylation is 1. The fraction of sp³-hybridized carbons (Fsp3) is 0.350. The Morgan fingerprint density at radius 3 is 2.78 bits per heavy atom. The lowest BCUT2D eigenvalue weighted by Crippen LogP contribution is -2.40. The van der Waals surface area contributed by atoms with Crippen molar-refractivity contribution in [2.24, 2.45) is 5.10 Å². The Labute approximate surface area is 189 Å². The molecule has 1 aromatic carbocycles. The number of nitrogens with one attached hydrogen (secondary N) is 1. The Bertz CT molecular complexity index is 1210. The average molecular weight is 478 g/mol. The number of fused-ring (bicyclic) bond motifs is 1. The first kappa shape index (κ1) is 22.4. The van der Waals surface area contributed by atoms with Gasteiger partial charge in [0.1, 0.15) is 5.69 Å². The van der Waals surface area contributed by atoms with Crippen LogP contribution in [0.15, 0.2) is 45.8 Å². The highest BCUT2D eigenvalue weighted by molar-refractivity contribution is 7.89. The van der Waals surface area contributed by atoms with Gasteiger partial charge in [0.25, 0.3) is 0 Å². The van der Waals surface area contributed by atoms with Crippen LogP contribution in [0.25, 0.3) is 4.96 Å². The second kappa shape index (κ2) is 9.77. The number of methoxy groups -OCH3 is 1. The molecule has 10 nitrogen and oxygen atoms in total. The molecule has 12 heteroatoms. The Kier molecular flexibility index (Phi) is 6.84. The Balaban J connectivity index is 1.31. The zero-order valence-electron chi connectivity index (χ0n) is 17.4. The SMILES string of the molecule is COc1nc2sccn2c1/C=N/NC(=O)CCc1ccc(S(=O)(=O)N2CCOCC2)cc1. The molecule has 2 aromatic heterocycles. The highest BCUT2D eigenvalue weighted by Gasteiger charge is 2.26. The maximum atomic E-state index is 12.7. The second-order valence-electron chi connectivity index (χ2n) is 7.02. The topological polar surface area (TPSA) is 115 Å². The predicted octanol–water partition coefficient (Wildman–Crippen LogP) is 1.51. The molecule has 0 aliphatic carbocycles. The monoisotopic (exact) mass is 477 g/mol. The third kappa shape index (κ3) is 4.83. The molecule has 1 fully saturated rings. The van der Waals surface area contributed by atoms with Gasteiger partial charge in [0.2, 0.25) is 21.8 Å². The van der Waals surface area contributed by atoms with Crippen LogP contribution < -0.4 is 10.2 Å². The average Bonchev–Trinajstić information content (AvgIpc) is 3.40. The minimum atomic E-state index is -3.52. The summed E-state index contributed by atoms with van der Waals surface area (Å²) in [6, 6.07) is 6.62. The summed E-state index contributed by atoms with van der Waals surface area (Å²) in [5.74, 6) is 0.179. The molecule has 3 aromatic rings. The van der Waals surface area contributed by atoms with Crippen LogP contribution in [0.4, 0.5) is 0 Å². The molecule has 4 rings (SSSR count). The number of thiazole rings is 1. The Morgan fingerprint density at radius 2 is 2.06 bits per heavy atom. The van der Waals surface area contributed by atoms with Crippen LogP contribution in [0.1, 0.15) is 17.7 Å². The van der Waals surface area contributed by atoms with Crippen LogP contribution >= 0.6 is 11.3 Å². The van der Waals surface area contributed by atoms with Crippen molar-refractivity contribution in [3.05, 3.63) is 47.1 Å². The molecule has 0 unspecified atom stereocenters. The summed E-state index contributed by atoms with van der Waals surface area (Å²) in [5, 5.41) is 5.90. The lowest BCUT2D eigenvalue weighted by molar-refractivity contribution is -0.121. The van der Waals surface area contributed by atoms with E-state index < -0.39 is 10.0 Å². The first-order chi connectivity index (χ1) is 15.5. The maximum Gasteiger partial charge on any atom is 0.243 e. The van der Waals surface area contributed by atoms with E-state index in [-0.39, 0.29) is 17.2 Å². The van der Waals surface area contributed by atoms with Crippen LogP contribution in [0, 0.1) is 0 Å². The lowest BCUT2D eigenvalue weighted by Gasteiger charge is -2.26. The van der Waals surface area contributed by atoms with E-state index in [9.17, 15) is 13.2 Å². The van der Waals surface area contributed by atoms with E-state index in [2.05, 4.69) is 15.5 Å². The molecule has 1 N–H and O–H groups in total. The smallest absolute Gasteiger partial charge is 0.243 e. The normalized spacial score (nSPS) is 15.4. The summed E-state index contributed by atoms with van der Waals surface area (Å²) in [6.45, 7) is 1.52. The Morgan fingerprint density at radius 1 is 1.31 bits per heavy atom. The second-order valence-corrected chi connectivity index (χ2v) is 9.83. The van der Waals surface area contributed by atoms with Gasteiger partial charge in [-0.25, -0.2) is 13.8 Å². The number of hydrazone groups is 1. The van der Waals surface area contributed by atoms with Gasteiger partial charge in [-0.05, 0) is 24.1 Å². The fourth-order valence-corrected chi connectivity index (χ4v) is 5.41. The number of benzene rings is 1. The molecule has 0 spiro atoms. The molecule has 170 valence electrons. The third-order valence-corrected chi connectivity index (χ3v) is 7.68. The molecule has 0 atom stereocenters. The number of carbonyl (C=O) groups excluding carboxylic acids is 1. The fourth-order valence-electron chi connectivity index (χ4n) is 3.29. The largest absolute Gasteiger partial charge is 0.479 e. The number of imidazole rings is 1. The quantitative estimate of drug-likeness (QED) is 0.389. The van der Waals surface area contributed by atoms with Crippen LogP contribution in [0.2, 0.25) is 0 Å². The number of morpholine rings is 1. The zero-order chi connectivity index (χ0) is 22.6. The van der Waals surface area contributed by atoms with E-state index >= 15 is 0 Å². The Hall–Kier alpha value is -2.80. The standard InChI is InChI=1S/C20H23N5O5S2/c1-29-19-17(25-10-13-31-20(25)22-19)14-21-23-18(26)7-4-15-2-5-16(6-3-15)32(27,28)24-8-11-30-12-9-24/h2-3,5-6,10,13-14H,4,7-9,11-12H2,1H3,(H,23,26)/b21-14+. The molecule has 0 radical (unpaired) electrons. The lowest BCUT2D eigenvalue weighted by atomic mass is 10.1. The molecular weight excluding hydrogens is 454 g/mol. The molecule has 1 amide bonds. The first-order valence-corrected chi connectivity index (χ1v) is 12.3. The van der Waals surface area contributed by atoms with Gasteiger partial charge < -0.3 is 9.47 Å². The van der Waals surface area contributed by atoms with Crippen molar-refractivity contribution in [3.63, 3.8) is 0 Å². The summed E-state index contributed by atoms with van der Waals surface area (Å²) in [7, 11) is -1.99. The van der Waals surface area contributed by atoms with Gasteiger partial charge in [0.15, 0.2) is 4.96 Å². The van der Waals surface area contributed by atoms with E-state index in [0.717, 1.165) is 10.5 Å². The number of amides is 1. The number of aromatic nitrogens is 2. The van der Waals surface area contributed by atoms with Crippen LogP contribution in [0.5, 0.6) is 5.88 Å². The van der Waals surface area contributed by atoms with Crippen molar-refractivity contribution < 1.29 is 22.7 Å². The minimum absolute atomic E-state index is 0.213. The van der Waals surface area contributed by atoms with Crippen molar-refractivity contribution >= 4 is 38.4 Å². The van der Waals surface area contributed by atoms with Crippen molar-refractivity contribution in [2.75, 3.05) is 33.4 Å². The van der Waals surface area contributed by atoms with E-state index in [1.165, 1.54) is 29.0 Å².